The Balaban J connectivity index is 1.13. The van der Waals surface area contributed by atoms with Crippen LogP contribution in [0.15, 0.2) is 23.1 Å². The number of imide groups is 1. The van der Waals surface area contributed by atoms with Crippen molar-refractivity contribution in [2.45, 2.75) is 75.3 Å². The van der Waals surface area contributed by atoms with Crippen LogP contribution in [0, 0.1) is 0 Å². The molecular weight excluding hydrogens is 464 g/mol. The van der Waals surface area contributed by atoms with Crippen LogP contribution < -0.4 is 10.6 Å². The largest absolute Gasteiger partial charge is 0.340 e. The normalized spacial score (nSPS) is 20.2. The predicted molar refractivity (Wildman–Crippen MR) is 135 cm³/mol. The van der Waals surface area contributed by atoms with Crippen molar-refractivity contribution >= 4 is 35.4 Å². The average Bonchev–Trinajstić information content (AvgIpc) is 3.20. The first-order valence-corrected chi connectivity index (χ1v) is 13.9. The molecule has 190 valence electrons. The van der Waals surface area contributed by atoms with Gasteiger partial charge in [0.1, 0.15) is 6.04 Å². The summed E-state index contributed by atoms with van der Waals surface area (Å²) in [5.41, 5.74) is 1.68. The van der Waals surface area contributed by atoms with E-state index in [2.05, 4.69) is 16.7 Å². The van der Waals surface area contributed by atoms with Crippen molar-refractivity contribution < 1.29 is 19.2 Å². The molecule has 3 aliphatic heterocycles. The molecule has 1 atom stereocenters. The lowest BCUT2D eigenvalue weighted by Crippen LogP contribution is -2.52. The maximum absolute atomic E-state index is 12.9. The molecule has 35 heavy (non-hydrogen) atoms. The zero-order valence-corrected chi connectivity index (χ0v) is 21.2. The van der Waals surface area contributed by atoms with Crippen molar-refractivity contribution in [3.8, 4) is 0 Å². The molecule has 2 saturated heterocycles. The van der Waals surface area contributed by atoms with Gasteiger partial charge in [0, 0.05) is 56.0 Å². The van der Waals surface area contributed by atoms with Gasteiger partial charge < -0.3 is 15.1 Å². The SMILES string of the molecule is O=C1CCC(N2Cc3c(SCCCCCCCCC(=O)N4CCNCC4)cccc3C2=O)C(=O)N1. The fraction of sp³-hybridized carbons (Fsp3) is 0.615. The molecule has 1 aromatic carbocycles. The number of amides is 4. The quantitative estimate of drug-likeness (QED) is 0.275. The van der Waals surface area contributed by atoms with Crippen LogP contribution in [0.1, 0.15) is 73.7 Å². The molecule has 3 aliphatic rings. The Hall–Kier alpha value is -2.39. The molecule has 1 unspecified atom stereocenters. The van der Waals surface area contributed by atoms with Crippen LogP contribution in [0.25, 0.3) is 0 Å². The van der Waals surface area contributed by atoms with Crippen LogP contribution in [-0.2, 0) is 20.9 Å². The summed E-state index contributed by atoms with van der Waals surface area (Å²) in [7, 11) is 0. The summed E-state index contributed by atoms with van der Waals surface area (Å²) in [6, 6.07) is 5.23. The van der Waals surface area contributed by atoms with Crippen molar-refractivity contribution in [2.75, 3.05) is 31.9 Å². The Morgan fingerprint density at radius 1 is 1.00 bits per heavy atom. The number of fused-ring (bicyclic) bond motifs is 1. The molecule has 2 fully saturated rings. The summed E-state index contributed by atoms with van der Waals surface area (Å²) in [5.74, 6) is 0.533. The number of benzene rings is 1. The molecule has 8 nitrogen and oxygen atoms in total. The summed E-state index contributed by atoms with van der Waals surface area (Å²) in [6.07, 6.45) is 8.02. The topological polar surface area (TPSA) is 98.8 Å². The predicted octanol–water partition coefficient (Wildman–Crippen LogP) is 2.70. The van der Waals surface area contributed by atoms with Gasteiger partial charge in [0.15, 0.2) is 0 Å². The summed E-state index contributed by atoms with van der Waals surface area (Å²) in [6.45, 7) is 3.92. The minimum Gasteiger partial charge on any atom is -0.340 e. The van der Waals surface area contributed by atoms with Crippen LogP contribution in [0.5, 0.6) is 0 Å². The minimum absolute atomic E-state index is 0.118. The van der Waals surface area contributed by atoms with Crippen LogP contribution >= 0.6 is 11.8 Å². The molecule has 0 spiro atoms. The van der Waals surface area contributed by atoms with Gasteiger partial charge in [-0.3, -0.25) is 24.5 Å². The van der Waals surface area contributed by atoms with E-state index in [0.29, 0.717) is 30.9 Å². The van der Waals surface area contributed by atoms with Crippen molar-refractivity contribution in [2.24, 2.45) is 0 Å². The van der Waals surface area contributed by atoms with Gasteiger partial charge in [0.2, 0.25) is 17.7 Å². The number of thioether (sulfide) groups is 1. The number of nitrogens with one attached hydrogen (secondary N) is 2. The lowest BCUT2D eigenvalue weighted by Gasteiger charge is -2.29. The molecule has 0 aliphatic carbocycles. The van der Waals surface area contributed by atoms with Crippen LogP contribution in [0.4, 0.5) is 0 Å². The van der Waals surface area contributed by atoms with Crippen molar-refractivity contribution in [3.63, 3.8) is 0 Å². The van der Waals surface area contributed by atoms with Crippen molar-refractivity contribution in [1.82, 2.24) is 20.4 Å². The Labute approximate surface area is 211 Å². The summed E-state index contributed by atoms with van der Waals surface area (Å²) in [4.78, 5) is 53.5. The third-order valence-electron chi connectivity index (χ3n) is 7.05. The minimum atomic E-state index is -0.572. The Morgan fingerprint density at radius 2 is 1.74 bits per heavy atom. The van der Waals surface area contributed by atoms with E-state index in [1.807, 2.05) is 17.0 Å². The fourth-order valence-electron chi connectivity index (χ4n) is 5.03. The third-order valence-corrected chi connectivity index (χ3v) is 8.24. The molecule has 3 heterocycles. The standard InChI is InChI=1S/C26H36N4O4S/c31-23-12-11-21(25(33)28-23)30-18-20-19(26(30)34)8-7-9-22(20)35-17-6-4-2-1-3-5-10-24(32)29-15-13-27-14-16-29/h7-9,21,27H,1-6,10-18H2,(H,28,31,33). The lowest BCUT2D eigenvalue weighted by molar-refractivity contribution is -0.137. The molecule has 4 amide bonds. The van der Waals surface area contributed by atoms with Gasteiger partial charge in [-0.05, 0) is 42.7 Å². The highest BCUT2D eigenvalue weighted by Crippen LogP contribution is 2.34. The van der Waals surface area contributed by atoms with Gasteiger partial charge in [-0.1, -0.05) is 31.7 Å². The number of piperidine rings is 1. The van der Waals surface area contributed by atoms with Gasteiger partial charge in [-0.15, -0.1) is 11.8 Å². The summed E-state index contributed by atoms with van der Waals surface area (Å²) < 4.78 is 0. The monoisotopic (exact) mass is 500 g/mol. The van der Waals surface area contributed by atoms with Crippen LogP contribution in [-0.4, -0.2) is 71.4 Å². The Kier molecular flexibility index (Phi) is 9.20. The highest BCUT2D eigenvalue weighted by atomic mass is 32.2. The van der Waals surface area contributed by atoms with E-state index in [0.717, 1.165) is 74.5 Å². The van der Waals surface area contributed by atoms with Gasteiger partial charge in [0.25, 0.3) is 5.91 Å². The van der Waals surface area contributed by atoms with E-state index >= 15 is 0 Å². The van der Waals surface area contributed by atoms with E-state index < -0.39 is 6.04 Å². The van der Waals surface area contributed by atoms with Gasteiger partial charge in [-0.2, -0.15) is 0 Å². The van der Waals surface area contributed by atoms with Gasteiger partial charge in [0.05, 0.1) is 0 Å². The molecule has 0 aromatic heterocycles. The number of carbonyl (C=O) groups excluding carboxylic acids is 4. The maximum atomic E-state index is 12.9. The van der Waals surface area contributed by atoms with E-state index in [4.69, 9.17) is 0 Å². The molecule has 0 bridgehead atoms. The van der Waals surface area contributed by atoms with E-state index in [1.165, 1.54) is 6.42 Å². The summed E-state index contributed by atoms with van der Waals surface area (Å²) >= 11 is 1.78. The number of hydrogen-bond donors (Lipinski definition) is 2. The lowest BCUT2D eigenvalue weighted by atomic mass is 10.0. The van der Waals surface area contributed by atoms with Crippen LogP contribution in [0.3, 0.4) is 0 Å². The van der Waals surface area contributed by atoms with Crippen molar-refractivity contribution in [3.05, 3.63) is 29.3 Å². The first kappa shape index (κ1) is 25.7. The zero-order valence-electron chi connectivity index (χ0n) is 20.4. The smallest absolute Gasteiger partial charge is 0.255 e. The highest BCUT2D eigenvalue weighted by Gasteiger charge is 2.39. The number of carbonyl (C=O) groups is 4. The van der Waals surface area contributed by atoms with Crippen molar-refractivity contribution in [1.29, 1.82) is 0 Å². The number of piperazine rings is 1. The molecule has 1 aromatic rings. The van der Waals surface area contributed by atoms with E-state index in [1.54, 1.807) is 16.7 Å². The number of unbranched alkanes of at least 4 members (excludes halogenated alkanes) is 5. The molecule has 4 rings (SSSR count). The molecule has 0 saturated carbocycles. The first-order chi connectivity index (χ1) is 17.0. The van der Waals surface area contributed by atoms with Gasteiger partial charge in [-0.25, -0.2) is 0 Å². The summed E-state index contributed by atoms with van der Waals surface area (Å²) in [5, 5.41) is 5.63. The number of hydrogen-bond acceptors (Lipinski definition) is 6. The number of nitrogens with zero attached hydrogens (tertiary/aromatic N) is 2. The van der Waals surface area contributed by atoms with E-state index in [9.17, 15) is 19.2 Å². The fourth-order valence-corrected chi connectivity index (χ4v) is 6.12. The Morgan fingerprint density at radius 3 is 2.51 bits per heavy atom. The maximum Gasteiger partial charge on any atom is 0.255 e. The van der Waals surface area contributed by atoms with E-state index in [-0.39, 0.29) is 24.1 Å². The van der Waals surface area contributed by atoms with Crippen LogP contribution in [0.2, 0.25) is 0 Å². The highest BCUT2D eigenvalue weighted by molar-refractivity contribution is 7.99. The molecule has 0 radical (unpaired) electrons. The molecule has 9 heteroatoms. The number of rotatable bonds is 11. The molecular formula is C26H36N4O4S. The Bertz CT molecular complexity index is 947. The first-order valence-electron chi connectivity index (χ1n) is 12.9. The van der Waals surface area contributed by atoms with Gasteiger partial charge >= 0.3 is 0 Å². The third kappa shape index (κ3) is 6.64. The molecule has 2 N–H and O–H groups in total. The second-order valence-electron chi connectivity index (χ2n) is 9.53. The second-order valence-corrected chi connectivity index (χ2v) is 10.7. The zero-order chi connectivity index (χ0) is 24.6. The average molecular weight is 501 g/mol. The second kappa shape index (κ2) is 12.5.